The molecule has 0 saturated heterocycles. The molecular formula is C30H38ClNO3S. The first-order chi connectivity index (χ1) is 17.4. The third-order valence-electron chi connectivity index (χ3n) is 6.99. The van der Waals surface area contributed by atoms with Crippen LogP contribution in [0.3, 0.4) is 0 Å². The number of hydrogen-bond donors (Lipinski definition) is 0. The molecule has 1 heterocycles. The fraction of sp³-hybridized carbons (Fsp3) is 0.500. The van der Waals surface area contributed by atoms with E-state index < -0.39 is 0 Å². The number of aryl methyl sites for hydroxylation is 1. The highest BCUT2D eigenvalue weighted by Gasteiger charge is 2.33. The first kappa shape index (κ1) is 26.9. The van der Waals surface area contributed by atoms with Crippen molar-refractivity contribution in [3.63, 3.8) is 0 Å². The van der Waals surface area contributed by atoms with Crippen LogP contribution < -0.4 is 9.64 Å². The zero-order chi connectivity index (χ0) is 25.5. The van der Waals surface area contributed by atoms with Gasteiger partial charge in [0.2, 0.25) is 0 Å². The average molecular weight is 528 g/mol. The zero-order valence-electron chi connectivity index (χ0n) is 21.5. The van der Waals surface area contributed by atoms with Crippen LogP contribution >= 0.6 is 23.4 Å². The van der Waals surface area contributed by atoms with E-state index >= 15 is 0 Å². The van der Waals surface area contributed by atoms with E-state index in [-0.39, 0.29) is 5.97 Å². The van der Waals surface area contributed by atoms with Gasteiger partial charge in [-0.05, 0) is 85.4 Å². The summed E-state index contributed by atoms with van der Waals surface area (Å²) in [6.07, 6.45) is 7.62. The number of carbonyl (C=O) groups excluding carboxylic acids is 1. The number of fused-ring (bicyclic) bond motifs is 2. The monoisotopic (exact) mass is 527 g/mol. The molecule has 1 aliphatic carbocycles. The molecule has 0 aromatic heterocycles. The Morgan fingerprint density at radius 2 is 2.08 bits per heavy atom. The largest absolute Gasteiger partial charge is 0.487 e. The van der Waals surface area contributed by atoms with Gasteiger partial charge in [0.25, 0.3) is 0 Å². The van der Waals surface area contributed by atoms with E-state index in [1.54, 1.807) is 0 Å². The lowest BCUT2D eigenvalue weighted by molar-refractivity contribution is 0.0459. The number of rotatable bonds is 8. The Morgan fingerprint density at radius 3 is 2.83 bits per heavy atom. The molecule has 1 saturated carbocycles. The summed E-state index contributed by atoms with van der Waals surface area (Å²) in [7, 11) is 0. The van der Waals surface area contributed by atoms with Crippen LogP contribution in [0, 0.1) is 11.8 Å². The zero-order valence-corrected chi connectivity index (χ0v) is 23.1. The van der Waals surface area contributed by atoms with Crippen molar-refractivity contribution in [2.45, 2.75) is 57.8 Å². The summed E-state index contributed by atoms with van der Waals surface area (Å²) < 4.78 is 12.0. The Balaban J connectivity index is 1.62. The van der Waals surface area contributed by atoms with E-state index in [1.165, 1.54) is 24.0 Å². The number of halogens is 1. The first-order valence-electron chi connectivity index (χ1n) is 13.1. The van der Waals surface area contributed by atoms with Gasteiger partial charge in [0.05, 0.1) is 17.9 Å². The quantitative estimate of drug-likeness (QED) is 0.261. The molecule has 0 bridgehead atoms. The predicted octanol–water partition coefficient (Wildman–Crippen LogP) is 7.57. The minimum atomic E-state index is -0.274. The number of carbonyl (C=O) groups is 1. The number of nitrogens with zero attached hydrogens (tertiary/aromatic N) is 1. The van der Waals surface area contributed by atoms with Crippen LogP contribution in [0.5, 0.6) is 5.75 Å². The van der Waals surface area contributed by atoms with Gasteiger partial charge in [-0.2, -0.15) is 11.8 Å². The molecule has 1 fully saturated rings. The molecule has 0 radical (unpaired) electrons. The molecule has 0 spiro atoms. The third kappa shape index (κ3) is 7.01. The molecule has 2 aliphatic rings. The molecule has 0 unspecified atom stereocenters. The van der Waals surface area contributed by atoms with Crippen molar-refractivity contribution in [2.24, 2.45) is 11.8 Å². The second-order valence-electron chi connectivity index (χ2n) is 10.3. The molecule has 194 valence electrons. The topological polar surface area (TPSA) is 38.8 Å². The van der Waals surface area contributed by atoms with Crippen molar-refractivity contribution < 1.29 is 14.3 Å². The second kappa shape index (κ2) is 12.9. The lowest BCUT2D eigenvalue weighted by Gasteiger charge is -2.40. The number of anilines is 1. The molecule has 2 atom stereocenters. The van der Waals surface area contributed by atoms with Gasteiger partial charge in [0, 0.05) is 29.1 Å². The van der Waals surface area contributed by atoms with Gasteiger partial charge in [-0.25, -0.2) is 4.79 Å². The maximum Gasteiger partial charge on any atom is 0.338 e. The maximum absolute atomic E-state index is 12.8. The van der Waals surface area contributed by atoms with Gasteiger partial charge in [0.1, 0.15) is 12.4 Å². The summed E-state index contributed by atoms with van der Waals surface area (Å²) in [5.74, 6) is 2.46. The Labute approximate surface area is 225 Å². The van der Waals surface area contributed by atoms with Crippen LogP contribution in [-0.2, 0) is 17.8 Å². The van der Waals surface area contributed by atoms with Crippen LogP contribution in [0.1, 0.15) is 61.0 Å². The normalized spacial score (nSPS) is 19.8. The van der Waals surface area contributed by atoms with Gasteiger partial charge < -0.3 is 14.4 Å². The average Bonchev–Trinajstić information content (AvgIpc) is 2.88. The van der Waals surface area contributed by atoms with Crippen molar-refractivity contribution in [2.75, 3.05) is 30.3 Å². The van der Waals surface area contributed by atoms with Crippen LogP contribution in [-0.4, -0.2) is 36.7 Å². The highest BCUT2D eigenvalue weighted by molar-refractivity contribution is 8.00. The van der Waals surface area contributed by atoms with Crippen molar-refractivity contribution >= 4 is 35.0 Å². The van der Waals surface area contributed by atoms with Crippen LogP contribution in [0.15, 0.2) is 49.1 Å². The second-order valence-corrected chi connectivity index (χ2v) is 12.0. The lowest BCUT2D eigenvalue weighted by Crippen LogP contribution is -2.40. The fourth-order valence-electron chi connectivity index (χ4n) is 4.83. The molecule has 4 nitrogen and oxygen atoms in total. The molecular weight excluding hydrogens is 490 g/mol. The standard InChI is InChI=1S/C30H38ClNO3S/c1-4-15-36-29-13-10-24(29)18-32-14-6-5-7-22-16-26(31)11-8-25(22)20-34-28-12-9-23(17-27(28)32)30(33)35-19-21(2)3/h4,8-9,11-12,16-17,21,24,29H,1,5-7,10,13-15,18-20H2,2-3H3/t24-,29+/m0/s1. The molecule has 4 rings (SSSR count). The van der Waals surface area contributed by atoms with E-state index in [2.05, 4.69) is 23.6 Å². The smallest absolute Gasteiger partial charge is 0.338 e. The SMILES string of the molecule is C=CCS[C@@H]1CC[C@H]1CN1CCCCc2cc(Cl)ccc2COc2ccc(C(=O)OCC(C)C)cc21. The molecule has 0 N–H and O–H groups in total. The Bertz CT molecular complexity index is 1060. The molecule has 0 amide bonds. The Morgan fingerprint density at radius 1 is 1.22 bits per heavy atom. The number of thioether (sulfide) groups is 1. The third-order valence-corrected chi connectivity index (χ3v) is 8.70. The van der Waals surface area contributed by atoms with E-state index in [0.717, 1.165) is 54.6 Å². The highest BCUT2D eigenvalue weighted by atomic mass is 35.5. The number of benzene rings is 2. The van der Waals surface area contributed by atoms with Crippen LogP contribution in [0.25, 0.3) is 0 Å². The summed E-state index contributed by atoms with van der Waals surface area (Å²) in [6.45, 7) is 10.8. The fourth-order valence-corrected chi connectivity index (χ4v) is 6.21. The Kier molecular flexibility index (Phi) is 9.66. The number of hydrogen-bond acceptors (Lipinski definition) is 5. The van der Waals surface area contributed by atoms with Gasteiger partial charge in [-0.15, -0.1) is 6.58 Å². The summed E-state index contributed by atoms with van der Waals surface area (Å²) in [6, 6.07) is 11.8. The van der Waals surface area contributed by atoms with Crippen LogP contribution in [0.4, 0.5) is 5.69 Å². The van der Waals surface area contributed by atoms with Crippen molar-refractivity contribution in [1.29, 1.82) is 0 Å². The van der Waals surface area contributed by atoms with Gasteiger partial charge in [-0.1, -0.05) is 37.6 Å². The van der Waals surface area contributed by atoms with Gasteiger partial charge >= 0.3 is 5.97 Å². The summed E-state index contributed by atoms with van der Waals surface area (Å²) in [5.41, 5.74) is 3.99. The molecule has 2 aromatic carbocycles. The summed E-state index contributed by atoms with van der Waals surface area (Å²) in [4.78, 5) is 15.3. The first-order valence-corrected chi connectivity index (χ1v) is 14.6. The minimum Gasteiger partial charge on any atom is -0.487 e. The van der Waals surface area contributed by atoms with Crippen molar-refractivity contribution in [3.05, 3.63) is 70.8 Å². The van der Waals surface area contributed by atoms with Gasteiger partial charge in [0.15, 0.2) is 0 Å². The molecule has 2 aromatic rings. The molecule has 36 heavy (non-hydrogen) atoms. The van der Waals surface area contributed by atoms with E-state index in [1.807, 2.05) is 56.0 Å². The highest BCUT2D eigenvalue weighted by Crippen LogP contribution is 2.40. The van der Waals surface area contributed by atoms with E-state index in [9.17, 15) is 4.79 Å². The molecule has 1 aliphatic heterocycles. The molecule has 6 heteroatoms. The Hall–Kier alpha value is -2.11. The number of ether oxygens (including phenoxy) is 2. The summed E-state index contributed by atoms with van der Waals surface area (Å²) in [5, 5.41) is 1.43. The lowest BCUT2D eigenvalue weighted by atomic mass is 9.84. The number of esters is 1. The minimum absolute atomic E-state index is 0.274. The van der Waals surface area contributed by atoms with E-state index in [4.69, 9.17) is 21.1 Å². The van der Waals surface area contributed by atoms with Gasteiger partial charge in [-0.3, -0.25) is 0 Å². The summed E-state index contributed by atoms with van der Waals surface area (Å²) >= 11 is 8.31. The van der Waals surface area contributed by atoms with E-state index in [0.29, 0.717) is 35.9 Å². The van der Waals surface area contributed by atoms with Crippen molar-refractivity contribution in [1.82, 2.24) is 0 Å². The van der Waals surface area contributed by atoms with Crippen molar-refractivity contribution in [3.8, 4) is 5.75 Å². The maximum atomic E-state index is 12.8. The predicted molar refractivity (Wildman–Crippen MR) is 152 cm³/mol. The van der Waals surface area contributed by atoms with Crippen LogP contribution in [0.2, 0.25) is 5.02 Å².